The lowest BCUT2D eigenvalue weighted by molar-refractivity contribution is 0.00291. The second kappa shape index (κ2) is 5.50. The molecule has 1 N–H and O–H groups in total. The topological polar surface area (TPSA) is 23.5 Å². The summed E-state index contributed by atoms with van der Waals surface area (Å²) in [6, 6.07) is 0.622. The number of rotatable bonds is 4. The molecule has 1 fully saturated rings. The van der Waals surface area contributed by atoms with E-state index in [2.05, 4.69) is 39.6 Å². The van der Waals surface area contributed by atoms with E-state index in [9.17, 15) is 5.11 Å². The molecular weight excluding hydrogens is 198 g/mol. The van der Waals surface area contributed by atoms with Crippen LogP contribution in [0.1, 0.15) is 53.4 Å². The Morgan fingerprint density at radius 2 is 2.06 bits per heavy atom. The molecule has 2 nitrogen and oxygen atoms in total. The molecular formula is C14H29NO. The van der Waals surface area contributed by atoms with E-state index in [0.29, 0.717) is 17.4 Å². The summed E-state index contributed by atoms with van der Waals surface area (Å²) in [5, 5.41) is 10.1. The number of hydrogen-bond donors (Lipinski definition) is 1. The Labute approximate surface area is 101 Å². The summed E-state index contributed by atoms with van der Waals surface area (Å²) < 4.78 is 0. The van der Waals surface area contributed by atoms with Crippen molar-refractivity contribution in [3.8, 4) is 0 Å². The molecule has 1 rings (SSSR count). The minimum absolute atomic E-state index is 0.0838. The molecule has 0 heterocycles. The van der Waals surface area contributed by atoms with Crippen LogP contribution >= 0.6 is 0 Å². The van der Waals surface area contributed by atoms with Crippen molar-refractivity contribution in [3.05, 3.63) is 0 Å². The summed E-state index contributed by atoms with van der Waals surface area (Å²) in [5.74, 6) is 0.461. The van der Waals surface area contributed by atoms with Crippen LogP contribution in [0.5, 0.6) is 0 Å². The Kier molecular flexibility index (Phi) is 4.81. The van der Waals surface area contributed by atoms with E-state index >= 15 is 0 Å². The molecule has 3 unspecified atom stereocenters. The maximum absolute atomic E-state index is 10.1. The number of aliphatic hydroxyl groups is 1. The van der Waals surface area contributed by atoms with Crippen LogP contribution in [0.15, 0.2) is 0 Å². The Bertz CT molecular complexity index is 215. The van der Waals surface area contributed by atoms with Gasteiger partial charge in [0.2, 0.25) is 0 Å². The van der Waals surface area contributed by atoms with E-state index in [1.54, 1.807) is 0 Å². The maximum atomic E-state index is 10.1. The first-order valence-electron chi connectivity index (χ1n) is 6.74. The highest BCUT2D eigenvalue weighted by molar-refractivity contribution is 4.86. The molecule has 0 aliphatic heterocycles. The van der Waals surface area contributed by atoms with Crippen molar-refractivity contribution in [2.75, 3.05) is 13.6 Å². The molecule has 0 aromatic heterocycles. The van der Waals surface area contributed by atoms with Crippen LogP contribution in [-0.2, 0) is 0 Å². The summed E-state index contributed by atoms with van der Waals surface area (Å²) in [7, 11) is 2.18. The quantitative estimate of drug-likeness (QED) is 0.798. The summed E-state index contributed by atoms with van der Waals surface area (Å²) in [6.45, 7) is 10.2. The molecule has 1 saturated carbocycles. The molecule has 0 bridgehead atoms. The molecule has 16 heavy (non-hydrogen) atoms. The van der Waals surface area contributed by atoms with Crippen molar-refractivity contribution in [2.45, 2.75) is 65.5 Å². The SMILES string of the molecule is CCC(C)N(C)CC1CC(C)(C)CCC1O. The maximum Gasteiger partial charge on any atom is 0.0581 e. The minimum atomic E-state index is -0.0838. The first-order chi connectivity index (χ1) is 7.35. The highest BCUT2D eigenvalue weighted by Crippen LogP contribution is 2.39. The van der Waals surface area contributed by atoms with Gasteiger partial charge in [-0.3, -0.25) is 0 Å². The van der Waals surface area contributed by atoms with Gasteiger partial charge in [0.05, 0.1) is 6.10 Å². The lowest BCUT2D eigenvalue weighted by atomic mass is 9.70. The van der Waals surface area contributed by atoms with Crippen LogP contribution in [0.25, 0.3) is 0 Å². The van der Waals surface area contributed by atoms with Gasteiger partial charge in [0, 0.05) is 12.6 Å². The third-order valence-electron chi connectivity index (χ3n) is 4.34. The van der Waals surface area contributed by atoms with Gasteiger partial charge in [0.1, 0.15) is 0 Å². The summed E-state index contributed by atoms with van der Waals surface area (Å²) >= 11 is 0. The van der Waals surface area contributed by atoms with Gasteiger partial charge in [-0.25, -0.2) is 0 Å². The van der Waals surface area contributed by atoms with E-state index in [1.165, 1.54) is 6.42 Å². The highest BCUT2D eigenvalue weighted by Gasteiger charge is 2.34. The Balaban J connectivity index is 2.51. The monoisotopic (exact) mass is 227 g/mol. The Morgan fingerprint density at radius 1 is 1.44 bits per heavy atom. The third kappa shape index (κ3) is 3.74. The Hall–Kier alpha value is -0.0800. The summed E-state index contributed by atoms with van der Waals surface area (Å²) in [6.07, 6.45) is 4.40. The smallest absolute Gasteiger partial charge is 0.0581 e. The Morgan fingerprint density at radius 3 is 2.62 bits per heavy atom. The van der Waals surface area contributed by atoms with E-state index in [1.807, 2.05) is 0 Å². The summed E-state index contributed by atoms with van der Waals surface area (Å²) in [5.41, 5.74) is 0.417. The summed E-state index contributed by atoms with van der Waals surface area (Å²) in [4.78, 5) is 2.40. The standard InChI is InChI=1S/C14H29NO/c1-6-11(2)15(5)10-12-9-14(3,4)8-7-13(12)16/h11-13,16H,6-10H2,1-5H3. The zero-order valence-corrected chi connectivity index (χ0v) is 11.7. The van der Waals surface area contributed by atoms with Crippen LogP contribution in [0.3, 0.4) is 0 Å². The molecule has 0 aromatic carbocycles. The van der Waals surface area contributed by atoms with E-state index < -0.39 is 0 Å². The number of nitrogens with zero attached hydrogens (tertiary/aromatic N) is 1. The fraction of sp³-hybridized carbons (Fsp3) is 1.00. The molecule has 96 valence electrons. The zero-order valence-electron chi connectivity index (χ0n) is 11.7. The average molecular weight is 227 g/mol. The van der Waals surface area contributed by atoms with Gasteiger partial charge in [-0.1, -0.05) is 20.8 Å². The first-order valence-corrected chi connectivity index (χ1v) is 6.74. The van der Waals surface area contributed by atoms with E-state index in [-0.39, 0.29) is 6.10 Å². The lowest BCUT2D eigenvalue weighted by Crippen LogP contribution is -2.42. The van der Waals surface area contributed by atoms with Crippen molar-refractivity contribution < 1.29 is 5.11 Å². The molecule has 3 atom stereocenters. The van der Waals surface area contributed by atoms with Gasteiger partial charge >= 0.3 is 0 Å². The number of hydrogen-bond acceptors (Lipinski definition) is 2. The highest BCUT2D eigenvalue weighted by atomic mass is 16.3. The fourth-order valence-corrected chi connectivity index (χ4v) is 2.77. The predicted octanol–water partition coefficient (Wildman–Crippen LogP) is 2.90. The van der Waals surface area contributed by atoms with Crippen molar-refractivity contribution in [3.63, 3.8) is 0 Å². The minimum Gasteiger partial charge on any atom is -0.393 e. The van der Waals surface area contributed by atoms with Gasteiger partial charge in [-0.15, -0.1) is 0 Å². The molecule has 1 aliphatic rings. The fourth-order valence-electron chi connectivity index (χ4n) is 2.77. The molecule has 0 amide bonds. The van der Waals surface area contributed by atoms with Crippen LogP contribution in [0.4, 0.5) is 0 Å². The lowest BCUT2D eigenvalue weighted by Gasteiger charge is -2.41. The third-order valence-corrected chi connectivity index (χ3v) is 4.34. The van der Waals surface area contributed by atoms with Crippen molar-refractivity contribution in [1.82, 2.24) is 4.90 Å². The van der Waals surface area contributed by atoms with E-state index in [4.69, 9.17) is 0 Å². The van der Waals surface area contributed by atoms with Crippen molar-refractivity contribution in [2.24, 2.45) is 11.3 Å². The molecule has 0 saturated heterocycles. The largest absolute Gasteiger partial charge is 0.393 e. The molecule has 2 heteroatoms. The van der Waals surface area contributed by atoms with Crippen molar-refractivity contribution >= 4 is 0 Å². The molecule has 0 aromatic rings. The normalized spacial score (nSPS) is 31.7. The second-order valence-corrected chi connectivity index (χ2v) is 6.43. The van der Waals surface area contributed by atoms with Crippen LogP contribution in [0, 0.1) is 11.3 Å². The molecule has 1 aliphatic carbocycles. The zero-order chi connectivity index (χ0) is 12.3. The van der Waals surface area contributed by atoms with Gasteiger partial charge in [-0.05, 0) is 51.0 Å². The van der Waals surface area contributed by atoms with Crippen LogP contribution in [-0.4, -0.2) is 35.7 Å². The van der Waals surface area contributed by atoms with Crippen molar-refractivity contribution in [1.29, 1.82) is 0 Å². The molecule has 0 spiro atoms. The number of aliphatic hydroxyl groups excluding tert-OH is 1. The molecule has 0 radical (unpaired) electrons. The van der Waals surface area contributed by atoms with Crippen LogP contribution < -0.4 is 0 Å². The van der Waals surface area contributed by atoms with Gasteiger partial charge in [0.25, 0.3) is 0 Å². The van der Waals surface area contributed by atoms with Gasteiger partial charge < -0.3 is 10.0 Å². The predicted molar refractivity (Wildman–Crippen MR) is 69.5 cm³/mol. The first kappa shape index (κ1) is 14.0. The van der Waals surface area contributed by atoms with Crippen LogP contribution in [0.2, 0.25) is 0 Å². The second-order valence-electron chi connectivity index (χ2n) is 6.43. The average Bonchev–Trinajstić information content (AvgIpc) is 2.22. The van der Waals surface area contributed by atoms with Gasteiger partial charge in [-0.2, -0.15) is 0 Å². The van der Waals surface area contributed by atoms with E-state index in [0.717, 1.165) is 25.8 Å². The van der Waals surface area contributed by atoms with Gasteiger partial charge in [0.15, 0.2) is 0 Å².